The quantitative estimate of drug-likeness (QED) is 0.614. The maximum atomic E-state index is 12.2. The third-order valence-electron chi connectivity index (χ3n) is 4.86. The molecule has 1 fully saturated rings. The van der Waals surface area contributed by atoms with E-state index in [-0.39, 0.29) is 12.5 Å². The minimum absolute atomic E-state index is 0.137. The summed E-state index contributed by atoms with van der Waals surface area (Å²) in [5.74, 6) is 0.206. The van der Waals surface area contributed by atoms with Gasteiger partial charge in [-0.3, -0.25) is 4.79 Å². The lowest BCUT2D eigenvalue weighted by Crippen LogP contribution is -3.12. The van der Waals surface area contributed by atoms with Crippen molar-refractivity contribution in [3.63, 3.8) is 0 Å². The fourth-order valence-corrected chi connectivity index (χ4v) is 3.31. The van der Waals surface area contributed by atoms with Crippen LogP contribution in [0.3, 0.4) is 0 Å². The van der Waals surface area contributed by atoms with Crippen molar-refractivity contribution in [2.24, 2.45) is 0 Å². The van der Waals surface area contributed by atoms with Gasteiger partial charge in [0.2, 0.25) is 0 Å². The molecule has 1 amide bonds. The highest BCUT2D eigenvalue weighted by atomic mass is 16.5. The molecule has 29 heavy (non-hydrogen) atoms. The van der Waals surface area contributed by atoms with Crippen LogP contribution in [0.4, 0.5) is 5.69 Å². The van der Waals surface area contributed by atoms with Crippen molar-refractivity contribution >= 4 is 22.6 Å². The number of nitrogens with one attached hydrogen (secondary N) is 2. The Bertz CT molecular complexity index is 1040. The van der Waals surface area contributed by atoms with Gasteiger partial charge in [0.1, 0.15) is 31.0 Å². The second-order valence-corrected chi connectivity index (χ2v) is 7.03. The van der Waals surface area contributed by atoms with Gasteiger partial charge in [-0.25, -0.2) is 4.79 Å². The summed E-state index contributed by atoms with van der Waals surface area (Å²) in [6.45, 7) is 4.49. The largest absolute Gasteiger partial charge is 0.484 e. The maximum Gasteiger partial charge on any atom is 0.336 e. The van der Waals surface area contributed by atoms with Crippen LogP contribution in [-0.2, 0) is 16.1 Å². The van der Waals surface area contributed by atoms with Crippen LogP contribution in [0.2, 0.25) is 0 Å². The number of rotatable bonds is 6. The topological polar surface area (TPSA) is 82.2 Å². The van der Waals surface area contributed by atoms with Crippen LogP contribution in [0.1, 0.15) is 5.56 Å². The molecule has 1 saturated heterocycles. The molecule has 0 atom stereocenters. The molecule has 0 spiro atoms. The number of hydrogen-bond donors (Lipinski definition) is 2. The van der Waals surface area contributed by atoms with Crippen LogP contribution in [0.25, 0.3) is 11.0 Å². The van der Waals surface area contributed by atoms with Gasteiger partial charge in [0.25, 0.3) is 5.91 Å². The van der Waals surface area contributed by atoms with Crippen LogP contribution < -0.4 is 20.6 Å². The Morgan fingerprint density at radius 3 is 2.59 bits per heavy atom. The lowest BCUT2D eigenvalue weighted by atomic mass is 10.2. The number of morpholine rings is 1. The Morgan fingerprint density at radius 2 is 1.79 bits per heavy atom. The van der Waals surface area contributed by atoms with Gasteiger partial charge in [-0.2, -0.15) is 0 Å². The van der Waals surface area contributed by atoms with Gasteiger partial charge >= 0.3 is 5.63 Å². The van der Waals surface area contributed by atoms with Crippen molar-refractivity contribution < 1.29 is 23.6 Å². The van der Waals surface area contributed by atoms with E-state index in [9.17, 15) is 9.59 Å². The van der Waals surface area contributed by atoms with Gasteiger partial charge in [0.15, 0.2) is 6.61 Å². The fourth-order valence-electron chi connectivity index (χ4n) is 3.31. The van der Waals surface area contributed by atoms with Crippen molar-refractivity contribution in [2.75, 3.05) is 38.2 Å². The first kappa shape index (κ1) is 19.2. The summed E-state index contributed by atoms with van der Waals surface area (Å²) in [6.07, 6.45) is 0. The molecule has 0 unspecified atom stereocenters. The summed E-state index contributed by atoms with van der Waals surface area (Å²) in [5.41, 5.74) is 1.96. The first-order valence-electron chi connectivity index (χ1n) is 9.62. The zero-order valence-electron chi connectivity index (χ0n) is 16.0. The first-order chi connectivity index (χ1) is 14.2. The number of amides is 1. The number of ether oxygens (including phenoxy) is 2. The van der Waals surface area contributed by atoms with E-state index in [1.807, 2.05) is 24.3 Å². The smallest absolute Gasteiger partial charge is 0.336 e. The maximum absolute atomic E-state index is 12.2. The monoisotopic (exact) mass is 395 g/mol. The molecule has 2 heterocycles. The van der Waals surface area contributed by atoms with E-state index >= 15 is 0 Å². The van der Waals surface area contributed by atoms with Gasteiger partial charge in [-0.05, 0) is 30.3 Å². The van der Waals surface area contributed by atoms with Crippen molar-refractivity contribution in [3.05, 3.63) is 70.6 Å². The molecule has 7 nitrogen and oxygen atoms in total. The number of benzene rings is 2. The van der Waals surface area contributed by atoms with E-state index in [2.05, 4.69) is 5.32 Å². The second kappa shape index (κ2) is 8.89. The number of hydrogen-bond acceptors (Lipinski definition) is 5. The molecule has 1 aliphatic heterocycles. The van der Waals surface area contributed by atoms with Gasteiger partial charge < -0.3 is 24.1 Å². The Morgan fingerprint density at radius 1 is 1.03 bits per heavy atom. The number of quaternary nitrogens is 1. The third kappa shape index (κ3) is 5.22. The summed E-state index contributed by atoms with van der Waals surface area (Å²) in [7, 11) is 0. The molecule has 1 aliphatic rings. The minimum atomic E-state index is -0.425. The molecule has 4 rings (SSSR count). The molecular formula is C22H23N2O5+. The van der Waals surface area contributed by atoms with Crippen molar-refractivity contribution in [1.29, 1.82) is 0 Å². The standard InChI is InChI=1S/C22H22N2O5/c25-21(15-28-19-7-3-17-4-8-22(26)29-20(17)13-19)23-18-5-1-16(2-6-18)14-24-9-11-27-12-10-24/h1-8,13H,9-12,14-15H2,(H,23,25)/p+1. The van der Waals surface area contributed by atoms with Crippen molar-refractivity contribution in [1.82, 2.24) is 0 Å². The van der Waals surface area contributed by atoms with Gasteiger partial charge in [0.05, 0.1) is 13.2 Å². The summed E-state index contributed by atoms with van der Waals surface area (Å²) >= 11 is 0. The Hall–Kier alpha value is -3.16. The van der Waals surface area contributed by atoms with Crippen LogP contribution in [0.5, 0.6) is 5.75 Å². The van der Waals surface area contributed by atoms with Crippen molar-refractivity contribution in [3.8, 4) is 5.75 Å². The highest BCUT2D eigenvalue weighted by Crippen LogP contribution is 2.19. The SMILES string of the molecule is O=C(COc1ccc2ccc(=O)oc2c1)Nc1ccc(C[NH+]2CCOCC2)cc1. The van der Waals surface area contributed by atoms with E-state index in [0.29, 0.717) is 11.3 Å². The highest BCUT2D eigenvalue weighted by molar-refractivity contribution is 5.92. The third-order valence-corrected chi connectivity index (χ3v) is 4.86. The van der Waals surface area contributed by atoms with E-state index in [1.165, 1.54) is 16.5 Å². The molecule has 0 aliphatic carbocycles. The number of carbonyl (C=O) groups excluding carboxylic acids is 1. The predicted octanol–water partition coefficient (Wildman–Crippen LogP) is 1.23. The number of anilines is 1. The zero-order valence-corrected chi connectivity index (χ0v) is 16.0. The van der Waals surface area contributed by atoms with Gasteiger partial charge in [0, 0.05) is 28.8 Å². The average Bonchev–Trinajstić information content (AvgIpc) is 2.74. The number of fused-ring (bicyclic) bond motifs is 1. The molecule has 7 heteroatoms. The summed E-state index contributed by atoms with van der Waals surface area (Å²) in [6, 6.07) is 16.0. The Kier molecular flexibility index (Phi) is 5.88. The van der Waals surface area contributed by atoms with Crippen LogP contribution in [0, 0.1) is 0 Å². The predicted molar refractivity (Wildman–Crippen MR) is 108 cm³/mol. The molecule has 3 aromatic rings. The van der Waals surface area contributed by atoms with Crippen LogP contribution in [0.15, 0.2) is 63.8 Å². The fraction of sp³-hybridized carbons (Fsp3) is 0.273. The molecule has 0 radical (unpaired) electrons. The average molecular weight is 395 g/mol. The molecule has 2 aromatic carbocycles. The summed E-state index contributed by atoms with van der Waals surface area (Å²) in [5, 5.41) is 3.62. The van der Waals surface area contributed by atoms with E-state index in [1.54, 1.807) is 24.3 Å². The second-order valence-electron chi connectivity index (χ2n) is 7.03. The van der Waals surface area contributed by atoms with Crippen LogP contribution in [-0.4, -0.2) is 38.8 Å². The molecule has 0 saturated carbocycles. The van der Waals surface area contributed by atoms with E-state index in [0.717, 1.165) is 43.9 Å². The lowest BCUT2D eigenvalue weighted by Gasteiger charge is -2.23. The van der Waals surface area contributed by atoms with E-state index < -0.39 is 5.63 Å². The van der Waals surface area contributed by atoms with E-state index in [4.69, 9.17) is 13.9 Å². The lowest BCUT2D eigenvalue weighted by molar-refractivity contribution is -0.921. The summed E-state index contributed by atoms with van der Waals surface area (Å²) < 4.78 is 16.0. The first-order valence-corrected chi connectivity index (χ1v) is 9.62. The van der Waals surface area contributed by atoms with Gasteiger partial charge in [-0.1, -0.05) is 12.1 Å². The Balaban J connectivity index is 1.29. The summed E-state index contributed by atoms with van der Waals surface area (Å²) in [4.78, 5) is 25.0. The minimum Gasteiger partial charge on any atom is -0.484 e. The normalized spacial score (nSPS) is 14.6. The Labute approximate surface area is 167 Å². The number of carbonyl (C=O) groups is 1. The van der Waals surface area contributed by atoms with Crippen molar-refractivity contribution in [2.45, 2.75) is 6.54 Å². The molecule has 1 aromatic heterocycles. The zero-order chi connectivity index (χ0) is 20.1. The van der Waals surface area contributed by atoms with Gasteiger partial charge in [-0.15, -0.1) is 0 Å². The molecule has 0 bridgehead atoms. The highest BCUT2D eigenvalue weighted by Gasteiger charge is 2.14. The molecule has 2 N–H and O–H groups in total. The van der Waals surface area contributed by atoms with Crippen LogP contribution >= 0.6 is 0 Å². The molecular weight excluding hydrogens is 372 g/mol. The molecule has 150 valence electrons.